The van der Waals surface area contributed by atoms with Gasteiger partial charge < -0.3 is 15.8 Å². The number of hydrogen-bond donors (Lipinski definition) is 2. The van der Waals surface area contributed by atoms with Crippen LogP contribution in [0.25, 0.3) is 5.78 Å². The van der Waals surface area contributed by atoms with Crippen LogP contribution in [-0.2, 0) is 22.5 Å². The summed E-state index contributed by atoms with van der Waals surface area (Å²) in [5, 5.41) is 7.15. The molecule has 1 fully saturated rings. The molecule has 0 spiro atoms. The van der Waals surface area contributed by atoms with Gasteiger partial charge >= 0.3 is 0 Å². The second kappa shape index (κ2) is 8.76. The molecule has 0 bridgehead atoms. The van der Waals surface area contributed by atoms with Crippen LogP contribution in [0.1, 0.15) is 22.5 Å². The minimum absolute atomic E-state index is 0.0238. The highest BCUT2D eigenvalue weighted by Gasteiger charge is 2.22. The number of ether oxygens (including phenoxy) is 1. The number of morpholine rings is 1. The summed E-state index contributed by atoms with van der Waals surface area (Å²) in [4.78, 5) is 23.4. The second-order valence-corrected chi connectivity index (χ2v) is 7.64. The first kappa shape index (κ1) is 20.2. The van der Waals surface area contributed by atoms with E-state index >= 15 is 0 Å². The molecule has 1 aromatic carbocycles. The Morgan fingerprint density at radius 2 is 2.07 bits per heavy atom. The lowest BCUT2D eigenvalue weighted by atomic mass is 10.1. The minimum atomic E-state index is -0.0702. The van der Waals surface area contributed by atoms with Crippen LogP contribution in [0.2, 0.25) is 0 Å². The van der Waals surface area contributed by atoms with Gasteiger partial charge in [0.2, 0.25) is 11.9 Å². The lowest BCUT2D eigenvalue weighted by Crippen LogP contribution is -2.47. The van der Waals surface area contributed by atoms with Crippen LogP contribution < -0.4 is 11.1 Å². The average Bonchev–Trinajstić information content (AvgIpc) is 3.11. The number of carbonyl (C=O) groups excluding carboxylic acids is 1. The van der Waals surface area contributed by atoms with E-state index in [9.17, 15) is 4.79 Å². The largest absolute Gasteiger partial charge is 0.374 e. The Kier molecular flexibility index (Phi) is 5.91. The van der Waals surface area contributed by atoms with E-state index in [4.69, 9.17) is 10.5 Å². The lowest BCUT2D eigenvalue weighted by Gasteiger charge is -2.33. The molecule has 9 nitrogen and oxygen atoms in total. The average molecular weight is 409 g/mol. The number of anilines is 1. The topological polar surface area (TPSA) is 111 Å². The molecule has 0 aliphatic carbocycles. The summed E-state index contributed by atoms with van der Waals surface area (Å²) in [5.41, 5.74) is 9.36. The summed E-state index contributed by atoms with van der Waals surface area (Å²) in [6.07, 6.45) is 0.199. The van der Waals surface area contributed by atoms with Crippen molar-refractivity contribution in [3.05, 3.63) is 52.8 Å². The zero-order valence-corrected chi connectivity index (χ0v) is 17.3. The second-order valence-electron chi connectivity index (χ2n) is 7.64. The number of hydrogen-bond acceptors (Lipinski definition) is 7. The monoisotopic (exact) mass is 409 g/mol. The van der Waals surface area contributed by atoms with Gasteiger partial charge in [0.05, 0.1) is 19.1 Å². The molecule has 30 heavy (non-hydrogen) atoms. The van der Waals surface area contributed by atoms with Gasteiger partial charge in [-0.2, -0.15) is 9.50 Å². The Balaban J connectivity index is 1.33. The summed E-state index contributed by atoms with van der Waals surface area (Å²) < 4.78 is 7.43. The number of nitrogens with zero attached hydrogens (tertiary/aromatic N) is 5. The highest BCUT2D eigenvalue weighted by molar-refractivity contribution is 5.79. The van der Waals surface area contributed by atoms with Gasteiger partial charge in [-0.3, -0.25) is 9.69 Å². The number of nitrogen functional groups attached to an aromatic ring is 1. The van der Waals surface area contributed by atoms with Crippen LogP contribution >= 0.6 is 0 Å². The number of aromatic nitrogens is 4. The van der Waals surface area contributed by atoms with Gasteiger partial charge in [-0.05, 0) is 19.4 Å². The summed E-state index contributed by atoms with van der Waals surface area (Å²) in [6.45, 7) is 7.48. The quantitative estimate of drug-likeness (QED) is 0.622. The predicted molar refractivity (Wildman–Crippen MR) is 113 cm³/mol. The third-order valence-electron chi connectivity index (χ3n) is 5.40. The molecule has 4 rings (SSSR count). The molecule has 1 saturated heterocycles. The first-order valence-electron chi connectivity index (χ1n) is 10.1. The Hall–Kier alpha value is -3.04. The smallest absolute Gasteiger partial charge is 0.254 e. The molecule has 3 N–H and O–H groups in total. The van der Waals surface area contributed by atoms with E-state index in [-0.39, 0.29) is 24.4 Å². The van der Waals surface area contributed by atoms with Crippen LogP contribution in [0.3, 0.4) is 0 Å². The van der Waals surface area contributed by atoms with Gasteiger partial charge in [-0.15, -0.1) is 5.10 Å². The van der Waals surface area contributed by atoms with Crippen molar-refractivity contribution in [3.63, 3.8) is 0 Å². The third kappa shape index (κ3) is 4.58. The van der Waals surface area contributed by atoms with Crippen molar-refractivity contribution in [2.75, 3.05) is 32.0 Å². The SMILES string of the molecule is Cc1nc2nc(N)nn2c(C)c1CC(=O)NCC1CN(Cc2ccccc2)CCO1. The van der Waals surface area contributed by atoms with Crippen LogP contribution in [0.5, 0.6) is 0 Å². The van der Waals surface area contributed by atoms with Crippen molar-refractivity contribution in [2.24, 2.45) is 0 Å². The van der Waals surface area contributed by atoms with Crippen LogP contribution in [0.15, 0.2) is 30.3 Å². The fraction of sp³-hybridized carbons (Fsp3) is 0.429. The van der Waals surface area contributed by atoms with Gasteiger partial charge in [0.1, 0.15) is 0 Å². The molecule has 0 saturated carbocycles. The first-order valence-corrected chi connectivity index (χ1v) is 10.1. The Morgan fingerprint density at radius 1 is 1.27 bits per heavy atom. The number of aryl methyl sites for hydroxylation is 2. The van der Waals surface area contributed by atoms with E-state index < -0.39 is 0 Å². The molecule has 3 heterocycles. The van der Waals surface area contributed by atoms with Crippen molar-refractivity contribution < 1.29 is 9.53 Å². The molecule has 9 heteroatoms. The van der Waals surface area contributed by atoms with Gasteiger partial charge in [0.15, 0.2) is 0 Å². The van der Waals surface area contributed by atoms with Gasteiger partial charge in [-0.1, -0.05) is 30.3 Å². The molecule has 3 aromatic rings. The van der Waals surface area contributed by atoms with E-state index in [1.165, 1.54) is 5.56 Å². The number of amides is 1. The van der Waals surface area contributed by atoms with E-state index in [2.05, 4.69) is 49.5 Å². The summed E-state index contributed by atoms with van der Waals surface area (Å²) in [6, 6.07) is 10.4. The number of nitrogens with one attached hydrogen (secondary N) is 1. The van der Waals surface area contributed by atoms with Crippen molar-refractivity contribution >= 4 is 17.6 Å². The molecule has 0 radical (unpaired) electrons. The van der Waals surface area contributed by atoms with Crippen molar-refractivity contribution in [1.29, 1.82) is 0 Å². The summed E-state index contributed by atoms with van der Waals surface area (Å²) in [5.74, 6) is 0.543. The molecular weight excluding hydrogens is 382 g/mol. The van der Waals surface area contributed by atoms with E-state index in [1.807, 2.05) is 19.9 Å². The number of benzene rings is 1. The highest BCUT2D eigenvalue weighted by Crippen LogP contribution is 2.15. The van der Waals surface area contributed by atoms with E-state index in [0.717, 1.165) is 36.6 Å². The number of nitrogens with two attached hydrogens (primary N) is 1. The molecule has 158 valence electrons. The zero-order chi connectivity index (χ0) is 21.1. The maximum atomic E-state index is 12.6. The zero-order valence-electron chi connectivity index (χ0n) is 17.3. The standard InChI is InChI=1S/C21H27N7O2/c1-14-18(15(2)28-21(24-14)25-20(22)26-28)10-19(29)23-11-17-13-27(8-9-30-17)12-16-6-4-3-5-7-16/h3-7,17H,8-13H2,1-2H3,(H2,22,26)(H,23,29). The van der Waals surface area contributed by atoms with E-state index in [0.29, 0.717) is 18.9 Å². The summed E-state index contributed by atoms with van der Waals surface area (Å²) in [7, 11) is 0. The van der Waals surface area contributed by atoms with Gasteiger partial charge in [0, 0.05) is 43.1 Å². The first-order chi connectivity index (χ1) is 14.5. The number of rotatable bonds is 6. The molecular formula is C21H27N7O2. The maximum absolute atomic E-state index is 12.6. The predicted octanol–water partition coefficient (Wildman–Crippen LogP) is 0.883. The fourth-order valence-corrected chi connectivity index (χ4v) is 3.82. The molecule has 1 amide bonds. The Labute approximate surface area is 175 Å². The number of carbonyl (C=O) groups is 1. The van der Waals surface area contributed by atoms with Crippen LogP contribution in [0.4, 0.5) is 5.95 Å². The third-order valence-corrected chi connectivity index (χ3v) is 5.40. The molecule has 1 unspecified atom stereocenters. The normalized spacial score (nSPS) is 17.3. The molecule has 1 aliphatic rings. The van der Waals surface area contributed by atoms with Crippen molar-refractivity contribution in [1.82, 2.24) is 29.8 Å². The lowest BCUT2D eigenvalue weighted by molar-refractivity contribution is -0.121. The number of fused-ring (bicyclic) bond motifs is 1. The molecule has 1 atom stereocenters. The maximum Gasteiger partial charge on any atom is 0.254 e. The Morgan fingerprint density at radius 3 is 2.87 bits per heavy atom. The fourth-order valence-electron chi connectivity index (χ4n) is 3.82. The van der Waals surface area contributed by atoms with Crippen molar-refractivity contribution in [2.45, 2.75) is 32.9 Å². The van der Waals surface area contributed by atoms with E-state index in [1.54, 1.807) is 4.52 Å². The highest BCUT2D eigenvalue weighted by atomic mass is 16.5. The van der Waals surface area contributed by atoms with Crippen LogP contribution in [0, 0.1) is 13.8 Å². The van der Waals surface area contributed by atoms with Crippen molar-refractivity contribution in [3.8, 4) is 0 Å². The summed E-state index contributed by atoms with van der Waals surface area (Å²) >= 11 is 0. The van der Waals surface area contributed by atoms with Crippen LogP contribution in [-0.4, -0.2) is 62.7 Å². The van der Waals surface area contributed by atoms with Gasteiger partial charge in [-0.25, -0.2) is 4.98 Å². The molecule has 1 aliphatic heterocycles. The van der Waals surface area contributed by atoms with Gasteiger partial charge in [0.25, 0.3) is 5.78 Å². The molecule has 2 aromatic heterocycles. The minimum Gasteiger partial charge on any atom is -0.374 e. The Bertz CT molecular complexity index is 1030.